The Morgan fingerprint density at radius 1 is 1.21 bits per heavy atom. The zero-order valence-electron chi connectivity index (χ0n) is 12.7. The number of rotatable bonds is 3. The third kappa shape index (κ3) is 3.31. The molecule has 3 nitrogen and oxygen atoms in total. The first-order valence-corrected chi connectivity index (χ1v) is 7.99. The molecule has 0 aromatic rings. The van der Waals surface area contributed by atoms with Gasteiger partial charge in [0.05, 0.1) is 5.41 Å². The van der Waals surface area contributed by atoms with Crippen molar-refractivity contribution in [3.63, 3.8) is 0 Å². The van der Waals surface area contributed by atoms with Crippen molar-refractivity contribution in [2.45, 2.75) is 65.4 Å². The maximum absolute atomic E-state index is 12.6. The molecule has 110 valence electrons. The molecule has 1 aliphatic heterocycles. The number of ether oxygens (including phenoxy) is 1. The standard InChI is InChI=1S/C16H29NO2/c1-4-16(7-9-17-10-8-16)15(18)19-14-6-5-12(2)13(3)11-14/h12-14,17H,4-11H2,1-3H3. The maximum atomic E-state index is 12.6. The minimum atomic E-state index is -0.211. The van der Waals surface area contributed by atoms with Crippen LogP contribution in [-0.4, -0.2) is 25.2 Å². The zero-order valence-corrected chi connectivity index (χ0v) is 12.7. The number of carbonyl (C=O) groups excluding carboxylic acids is 1. The number of hydrogen-bond acceptors (Lipinski definition) is 3. The van der Waals surface area contributed by atoms with E-state index in [4.69, 9.17) is 4.74 Å². The Kier molecular flexibility index (Phi) is 4.88. The van der Waals surface area contributed by atoms with E-state index in [1.165, 1.54) is 6.42 Å². The van der Waals surface area contributed by atoms with E-state index in [-0.39, 0.29) is 17.5 Å². The highest BCUT2D eigenvalue weighted by atomic mass is 16.5. The van der Waals surface area contributed by atoms with E-state index in [1.54, 1.807) is 0 Å². The maximum Gasteiger partial charge on any atom is 0.312 e. The van der Waals surface area contributed by atoms with Crippen molar-refractivity contribution >= 4 is 5.97 Å². The lowest BCUT2D eigenvalue weighted by Gasteiger charge is -2.38. The fourth-order valence-corrected chi connectivity index (χ4v) is 3.49. The molecule has 2 aliphatic rings. The van der Waals surface area contributed by atoms with E-state index < -0.39 is 0 Å². The predicted molar refractivity (Wildman–Crippen MR) is 76.9 cm³/mol. The van der Waals surface area contributed by atoms with Crippen LogP contribution in [0.25, 0.3) is 0 Å². The Bertz CT molecular complexity index is 310. The summed E-state index contributed by atoms with van der Waals surface area (Å²) in [6.45, 7) is 8.61. The molecular weight excluding hydrogens is 238 g/mol. The average Bonchev–Trinajstić information content (AvgIpc) is 2.43. The van der Waals surface area contributed by atoms with Gasteiger partial charge >= 0.3 is 5.97 Å². The van der Waals surface area contributed by atoms with Crippen LogP contribution in [0.3, 0.4) is 0 Å². The third-order valence-corrected chi connectivity index (χ3v) is 5.49. The van der Waals surface area contributed by atoms with Crippen LogP contribution >= 0.6 is 0 Å². The largest absolute Gasteiger partial charge is 0.462 e. The first-order chi connectivity index (χ1) is 9.07. The molecule has 0 spiro atoms. The highest BCUT2D eigenvalue weighted by molar-refractivity contribution is 5.77. The smallest absolute Gasteiger partial charge is 0.312 e. The number of esters is 1. The van der Waals surface area contributed by atoms with Crippen molar-refractivity contribution in [1.82, 2.24) is 5.32 Å². The fourth-order valence-electron chi connectivity index (χ4n) is 3.49. The van der Waals surface area contributed by atoms with E-state index in [2.05, 4.69) is 26.1 Å². The highest BCUT2D eigenvalue weighted by Crippen LogP contribution is 2.37. The molecule has 3 unspecified atom stereocenters. The Morgan fingerprint density at radius 2 is 1.89 bits per heavy atom. The van der Waals surface area contributed by atoms with E-state index in [0.29, 0.717) is 5.92 Å². The average molecular weight is 267 g/mol. The van der Waals surface area contributed by atoms with Crippen molar-refractivity contribution in [1.29, 1.82) is 0 Å². The molecule has 1 aliphatic carbocycles. The summed E-state index contributed by atoms with van der Waals surface area (Å²) < 4.78 is 5.88. The molecular formula is C16H29NO2. The second-order valence-corrected chi connectivity index (χ2v) is 6.68. The van der Waals surface area contributed by atoms with Gasteiger partial charge in [0.15, 0.2) is 0 Å². The van der Waals surface area contributed by atoms with Crippen molar-refractivity contribution in [3.8, 4) is 0 Å². The van der Waals surface area contributed by atoms with Crippen LogP contribution in [-0.2, 0) is 9.53 Å². The second-order valence-electron chi connectivity index (χ2n) is 6.68. The van der Waals surface area contributed by atoms with Gasteiger partial charge in [-0.2, -0.15) is 0 Å². The van der Waals surface area contributed by atoms with Gasteiger partial charge in [-0.25, -0.2) is 0 Å². The molecule has 0 aromatic heterocycles. The molecule has 1 heterocycles. The van der Waals surface area contributed by atoms with Crippen LogP contribution in [0.15, 0.2) is 0 Å². The van der Waals surface area contributed by atoms with E-state index in [1.807, 2.05) is 0 Å². The fraction of sp³-hybridized carbons (Fsp3) is 0.938. The minimum Gasteiger partial charge on any atom is -0.462 e. The summed E-state index contributed by atoms with van der Waals surface area (Å²) in [4.78, 5) is 12.6. The molecule has 3 heteroatoms. The summed E-state index contributed by atoms with van der Waals surface area (Å²) in [6.07, 6.45) is 6.23. The van der Waals surface area contributed by atoms with Crippen LogP contribution in [0.2, 0.25) is 0 Å². The van der Waals surface area contributed by atoms with Gasteiger partial charge in [-0.15, -0.1) is 0 Å². The van der Waals surface area contributed by atoms with Gasteiger partial charge in [0.25, 0.3) is 0 Å². The number of hydrogen-bond donors (Lipinski definition) is 1. The lowest BCUT2D eigenvalue weighted by Crippen LogP contribution is -2.44. The van der Waals surface area contributed by atoms with Crippen molar-refractivity contribution in [2.75, 3.05) is 13.1 Å². The molecule has 2 rings (SSSR count). The Balaban J connectivity index is 1.92. The topological polar surface area (TPSA) is 38.3 Å². The molecule has 0 aromatic carbocycles. The molecule has 1 saturated heterocycles. The summed E-state index contributed by atoms with van der Waals surface area (Å²) in [5, 5.41) is 3.34. The van der Waals surface area contributed by atoms with Crippen LogP contribution in [0.1, 0.15) is 59.3 Å². The van der Waals surface area contributed by atoms with Gasteiger partial charge in [-0.05, 0) is 63.5 Å². The van der Waals surface area contributed by atoms with Gasteiger partial charge in [0.1, 0.15) is 6.10 Å². The van der Waals surface area contributed by atoms with Gasteiger partial charge in [-0.3, -0.25) is 4.79 Å². The molecule has 19 heavy (non-hydrogen) atoms. The lowest BCUT2D eigenvalue weighted by molar-refractivity contribution is -0.166. The second kappa shape index (κ2) is 6.25. The molecule has 1 N–H and O–H groups in total. The lowest BCUT2D eigenvalue weighted by atomic mass is 9.76. The monoisotopic (exact) mass is 267 g/mol. The zero-order chi connectivity index (χ0) is 13.9. The van der Waals surface area contributed by atoms with E-state index >= 15 is 0 Å². The summed E-state index contributed by atoms with van der Waals surface area (Å²) in [6, 6.07) is 0. The van der Waals surface area contributed by atoms with Gasteiger partial charge < -0.3 is 10.1 Å². The van der Waals surface area contributed by atoms with Crippen molar-refractivity contribution in [3.05, 3.63) is 0 Å². The predicted octanol–water partition coefficient (Wildman–Crippen LogP) is 3.13. The Hall–Kier alpha value is -0.570. The van der Waals surface area contributed by atoms with Crippen molar-refractivity contribution in [2.24, 2.45) is 17.3 Å². The van der Waals surface area contributed by atoms with Crippen LogP contribution in [0.4, 0.5) is 0 Å². The van der Waals surface area contributed by atoms with E-state index in [0.717, 1.165) is 51.1 Å². The summed E-state index contributed by atoms with van der Waals surface area (Å²) in [5.41, 5.74) is -0.211. The van der Waals surface area contributed by atoms with Gasteiger partial charge in [0.2, 0.25) is 0 Å². The first kappa shape index (κ1) is 14.8. The Morgan fingerprint density at radius 3 is 2.47 bits per heavy atom. The number of carbonyl (C=O) groups is 1. The van der Waals surface area contributed by atoms with Gasteiger partial charge in [0, 0.05) is 0 Å². The molecule has 0 bridgehead atoms. The molecule has 1 saturated carbocycles. The number of piperidine rings is 1. The molecule has 3 atom stereocenters. The molecule has 0 radical (unpaired) electrons. The van der Waals surface area contributed by atoms with E-state index in [9.17, 15) is 4.79 Å². The number of nitrogens with one attached hydrogen (secondary N) is 1. The molecule has 2 fully saturated rings. The summed E-state index contributed by atoms with van der Waals surface area (Å²) in [5.74, 6) is 1.52. The van der Waals surface area contributed by atoms with Crippen LogP contribution in [0.5, 0.6) is 0 Å². The first-order valence-electron chi connectivity index (χ1n) is 7.99. The summed E-state index contributed by atoms with van der Waals surface area (Å²) in [7, 11) is 0. The highest BCUT2D eigenvalue weighted by Gasteiger charge is 2.41. The quantitative estimate of drug-likeness (QED) is 0.798. The SMILES string of the molecule is CCC1(C(=O)OC2CCC(C)C(C)C2)CCNCC1. The van der Waals surface area contributed by atoms with Crippen LogP contribution in [0, 0.1) is 17.3 Å². The van der Waals surface area contributed by atoms with Crippen molar-refractivity contribution < 1.29 is 9.53 Å². The summed E-state index contributed by atoms with van der Waals surface area (Å²) >= 11 is 0. The minimum absolute atomic E-state index is 0.0725. The normalized spacial score (nSPS) is 34.8. The Labute approximate surface area is 117 Å². The molecule has 0 amide bonds. The van der Waals surface area contributed by atoms with Gasteiger partial charge in [-0.1, -0.05) is 20.8 Å². The van der Waals surface area contributed by atoms with Crippen LogP contribution < -0.4 is 5.32 Å². The third-order valence-electron chi connectivity index (χ3n) is 5.49.